The maximum absolute atomic E-state index is 12.7. The molecule has 1 aromatic rings. The third-order valence-electron chi connectivity index (χ3n) is 3.77. The van der Waals surface area contributed by atoms with Crippen molar-refractivity contribution in [2.45, 2.75) is 24.9 Å². The summed E-state index contributed by atoms with van der Waals surface area (Å²) in [6, 6.07) is 4.93. The number of β-amino-alcohol motifs (C(OH)–C–C–N with tert-alkyl or cyclic N) is 1. The largest absolute Gasteiger partial charge is 0.382 e. The van der Waals surface area contributed by atoms with Crippen LogP contribution in [0.1, 0.15) is 23.2 Å². The van der Waals surface area contributed by atoms with Crippen LogP contribution in [0.4, 0.5) is 13.2 Å². The third-order valence-corrected chi connectivity index (χ3v) is 3.77. The zero-order valence-electron chi connectivity index (χ0n) is 12.3. The first-order valence-corrected chi connectivity index (χ1v) is 7.14. The summed E-state index contributed by atoms with van der Waals surface area (Å²) < 4.78 is 38.1. The van der Waals surface area contributed by atoms with Gasteiger partial charge in [-0.3, -0.25) is 9.59 Å². The van der Waals surface area contributed by atoms with Crippen LogP contribution >= 0.6 is 0 Å². The molecule has 1 aromatic carbocycles. The average Bonchev–Trinajstić information content (AvgIpc) is 2.92. The monoisotopic (exact) mass is 330 g/mol. The molecule has 1 unspecified atom stereocenters. The number of halogens is 3. The molecule has 1 fully saturated rings. The number of likely N-dealkylation sites (tertiary alicyclic amines) is 1. The van der Waals surface area contributed by atoms with Gasteiger partial charge in [-0.15, -0.1) is 0 Å². The second kappa shape index (κ2) is 6.99. The van der Waals surface area contributed by atoms with Gasteiger partial charge in [0.25, 0.3) is 12.3 Å². The van der Waals surface area contributed by atoms with Gasteiger partial charge in [0.05, 0.1) is 6.54 Å². The zero-order valence-corrected chi connectivity index (χ0v) is 12.3. The molecule has 126 valence electrons. The van der Waals surface area contributed by atoms with E-state index < -0.39 is 36.2 Å². The predicted molar refractivity (Wildman–Crippen MR) is 75.5 cm³/mol. The second-order valence-electron chi connectivity index (χ2n) is 5.48. The molecule has 1 aliphatic rings. The van der Waals surface area contributed by atoms with E-state index in [-0.39, 0.29) is 31.5 Å². The second-order valence-corrected chi connectivity index (χ2v) is 5.48. The van der Waals surface area contributed by atoms with Crippen molar-refractivity contribution in [1.82, 2.24) is 10.2 Å². The maximum Gasteiger partial charge on any atom is 0.268 e. The SMILES string of the molecule is O=C(NCCC(=O)N1CCC(O)(C(F)F)C1)c1ccc(F)cc1. The molecule has 0 aromatic heterocycles. The Hall–Kier alpha value is -2.09. The molecule has 1 atom stereocenters. The number of amides is 2. The molecule has 2 rings (SSSR count). The minimum atomic E-state index is -2.90. The molecule has 1 aliphatic heterocycles. The molecule has 0 bridgehead atoms. The van der Waals surface area contributed by atoms with Gasteiger partial charge in [0, 0.05) is 31.5 Å². The highest BCUT2D eigenvalue weighted by atomic mass is 19.3. The van der Waals surface area contributed by atoms with E-state index in [0.29, 0.717) is 0 Å². The van der Waals surface area contributed by atoms with Crippen molar-refractivity contribution in [2.24, 2.45) is 0 Å². The summed E-state index contributed by atoms with van der Waals surface area (Å²) in [6.45, 7) is -0.320. The number of rotatable bonds is 5. The quantitative estimate of drug-likeness (QED) is 0.852. The highest BCUT2D eigenvalue weighted by Gasteiger charge is 2.45. The van der Waals surface area contributed by atoms with Crippen molar-refractivity contribution < 1.29 is 27.9 Å². The number of nitrogens with zero attached hydrogens (tertiary/aromatic N) is 1. The van der Waals surface area contributed by atoms with Gasteiger partial charge in [0.2, 0.25) is 5.91 Å². The van der Waals surface area contributed by atoms with Crippen LogP contribution < -0.4 is 5.32 Å². The first-order chi connectivity index (χ1) is 10.8. The zero-order chi connectivity index (χ0) is 17.0. The normalized spacial score (nSPS) is 20.8. The number of hydrogen-bond donors (Lipinski definition) is 2. The van der Waals surface area contributed by atoms with Crippen molar-refractivity contribution in [3.8, 4) is 0 Å². The van der Waals surface area contributed by atoms with Gasteiger partial charge < -0.3 is 15.3 Å². The van der Waals surface area contributed by atoms with E-state index in [4.69, 9.17) is 0 Å². The van der Waals surface area contributed by atoms with Crippen LogP contribution in [-0.2, 0) is 4.79 Å². The number of nitrogens with one attached hydrogen (secondary N) is 1. The highest BCUT2D eigenvalue weighted by Crippen LogP contribution is 2.27. The Morgan fingerprint density at radius 2 is 1.96 bits per heavy atom. The summed E-state index contributed by atoms with van der Waals surface area (Å²) in [4.78, 5) is 24.8. The van der Waals surface area contributed by atoms with E-state index in [1.54, 1.807) is 0 Å². The van der Waals surface area contributed by atoms with Crippen LogP contribution in [0.15, 0.2) is 24.3 Å². The first kappa shape index (κ1) is 17.3. The molecule has 5 nitrogen and oxygen atoms in total. The number of carbonyl (C=O) groups is 2. The third kappa shape index (κ3) is 4.22. The molecule has 1 heterocycles. The smallest absolute Gasteiger partial charge is 0.268 e. The van der Waals surface area contributed by atoms with E-state index in [2.05, 4.69) is 5.32 Å². The molecule has 0 saturated carbocycles. The maximum atomic E-state index is 12.7. The minimum absolute atomic E-state index is 0.0264. The summed E-state index contributed by atoms with van der Waals surface area (Å²) in [7, 11) is 0. The fourth-order valence-corrected chi connectivity index (χ4v) is 2.35. The van der Waals surface area contributed by atoms with Gasteiger partial charge >= 0.3 is 0 Å². The van der Waals surface area contributed by atoms with Gasteiger partial charge in [-0.1, -0.05) is 0 Å². The Morgan fingerprint density at radius 3 is 2.52 bits per heavy atom. The average molecular weight is 330 g/mol. The summed E-state index contributed by atoms with van der Waals surface area (Å²) >= 11 is 0. The molecular formula is C15H17F3N2O3. The van der Waals surface area contributed by atoms with Crippen LogP contribution in [-0.4, -0.2) is 53.5 Å². The molecule has 2 N–H and O–H groups in total. The van der Waals surface area contributed by atoms with Crippen LogP contribution in [0.25, 0.3) is 0 Å². The van der Waals surface area contributed by atoms with E-state index >= 15 is 0 Å². The lowest BCUT2D eigenvalue weighted by atomic mass is 10.1. The lowest BCUT2D eigenvalue weighted by molar-refractivity contribution is -0.133. The Morgan fingerprint density at radius 1 is 1.30 bits per heavy atom. The fraction of sp³-hybridized carbons (Fsp3) is 0.467. The summed E-state index contributed by atoms with van der Waals surface area (Å²) in [5, 5.41) is 12.1. The predicted octanol–water partition coefficient (Wildman–Crippen LogP) is 1.17. The number of aliphatic hydroxyl groups is 1. The Labute approximate surface area is 131 Å². The topological polar surface area (TPSA) is 69.6 Å². The number of benzene rings is 1. The van der Waals surface area contributed by atoms with E-state index in [1.165, 1.54) is 12.1 Å². The van der Waals surface area contributed by atoms with Crippen molar-refractivity contribution in [2.75, 3.05) is 19.6 Å². The van der Waals surface area contributed by atoms with Crippen molar-refractivity contribution in [1.29, 1.82) is 0 Å². The molecule has 23 heavy (non-hydrogen) atoms. The van der Waals surface area contributed by atoms with Crippen LogP contribution in [0.2, 0.25) is 0 Å². The minimum Gasteiger partial charge on any atom is -0.382 e. The van der Waals surface area contributed by atoms with Gasteiger partial charge in [0.1, 0.15) is 11.4 Å². The molecule has 1 saturated heterocycles. The van der Waals surface area contributed by atoms with E-state index in [0.717, 1.165) is 17.0 Å². The van der Waals surface area contributed by atoms with E-state index in [9.17, 15) is 27.9 Å². The molecule has 0 aliphatic carbocycles. The number of carbonyl (C=O) groups excluding carboxylic acids is 2. The Bertz CT molecular complexity index is 580. The number of alkyl halides is 2. The van der Waals surface area contributed by atoms with E-state index in [1.807, 2.05) is 0 Å². The Balaban J connectivity index is 1.77. The van der Waals surface area contributed by atoms with Gasteiger partial charge in [-0.25, -0.2) is 13.2 Å². The highest BCUT2D eigenvalue weighted by molar-refractivity contribution is 5.94. The van der Waals surface area contributed by atoms with Crippen molar-refractivity contribution in [3.05, 3.63) is 35.6 Å². The van der Waals surface area contributed by atoms with Crippen molar-refractivity contribution >= 4 is 11.8 Å². The molecule has 0 radical (unpaired) electrons. The first-order valence-electron chi connectivity index (χ1n) is 7.14. The van der Waals surface area contributed by atoms with Crippen LogP contribution in [0, 0.1) is 5.82 Å². The fourth-order valence-electron chi connectivity index (χ4n) is 2.35. The van der Waals surface area contributed by atoms with Gasteiger partial charge in [-0.05, 0) is 24.3 Å². The molecular weight excluding hydrogens is 313 g/mol. The molecule has 2 amide bonds. The van der Waals surface area contributed by atoms with Crippen LogP contribution in [0.3, 0.4) is 0 Å². The van der Waals surface area contributed by atoms with Crippen molar-refractivity contribution in [3.63, 3.8) is 0 Å². The number of hydrogen-bond acceptors (Lipinski definition) is 3. The summed E-state index contributed by atoms with van der Waals surface area (Å²) in [6.07, 6.45) is -3.14. The molecule has 0 spiro atoms. The summed E-state index contributed by atoms with van der Waals surface area (Å²) in [5.74, 6) is -1.33. The Kier molecular flexibility index (Phi) is 5.25. The summed E-state index contributed by atoms with van der Waals surface area (Å²) in [5.41, 5.74) is -1.89. The van der Waals surface area contributed by atoms with Gasteiger partial charge in [-0.2, -0.15) is 0 Å². The van der Waals surface area contributed by atoms with Crippen LogP contribution in [0.5, 0.6) is 0 Å². The van der Waals surface area contributed by atoms with Gasteiger partial charge in [0.15, 0.2) is 0 Å². The lowest BCUT2D eigenvalue weighted by Crippen LogP contribution is -2.42. The standard InChI is InChI=1S/C15H17F3N2O3/c16-11-3-1-10(2-4-11)13(22)19-7-5-12(21)20-8-6-15(23,9-20)14(17)18/h1-4,14,23H,5-9H2,(H,19,22). The molecule has 8 heteroatoms. The lowest BCUT2D eigenvalue weighted by Gasteiger charge is -2.22.